The fraction of sp³-hybridized carbons (Fsp3) is 0.889. The van der Waals surface area contributed by atoms with Crippen molar-refractivity contribution in [2.75, 3.05) is 92.4 Å². The van der Waals surface area contributed by atoms with E-state index in [9.17, 15) is 14.4 Å². The summed E-state index contributed by atoms with van der Waals surface area (Å²) >= 11 is 0. The summed E-state index contributed by atoms with van der Waals surface area (Å²) in [5.41, 5.74) is 0. The van der Waals surface area contributed by atoms with E-state index < -0.39 is 5.97 Å². The van der Waals surface area contributed by atoms with Gasteiger partial charge in [0.15, 0.2) is 0 Å². The number of hydrogen-bond acceptors (Lipinski definition) is 10. The van der Waals surface area contributed by atoms with Crippen LogP contribution in [0, 0.1) is 5.92 Å². The van der Waals surface area contributed by atoms with Crippen LogP contribution in [0.4, 0.5) is 0 Å². The number of esters is 1. The molecule has 0 aliphatic rings. The molecule has 0 aliphatic heterocycles. The second-order valence-corrected chi connectivity index (χ2v) is 8.69. The van der Waals surface area contributed by atoms with Crippen LogP contribution in [-0.2, 0) is 47.5 Å². The molecule has 0 saturated heterocycles. The number of aliphatic carboxylic acids is 1. The molecule has 0 aliphatic carbocycles. The Morgan fingerprint density at radius 1 is 0.641 bits per heavy atom. The fourth-order valence-electron chi connectivity index (χ4n) is 3.17. The minimum absolute atomic E-state index is 0.00942. The molecule has 0 aromatic rings. The van der Waals surface area contributed by atoms with Crippen LogP contribution in [0.1, 0.15) is 58.8 Å². The Bertz CT molecular complexity index is 592. The minimum Gasteiger partial charge on any atom is -0.481 e. The van der Waals surface area contributed by atoms with Crippen molar-refractivity contribution < 1.29 is 52.6 Å². The average Bonchev–Trinajstić information content (AvgIpc) is 2.92. The smallest absolute Gasteiger partial charge is 0.308 e. The van der Waals surface area contributed by atoms with E-state index in [4.69, 9.17) is 38.3 Å². The number of carboxylic acid groups (broad SMARTS) is 1. The minimum atomic E-state index is -0.983. The molecule has 39 heavy (non-hydrogen) atoms. The summed E-state index contributed by atoms with van der Waals surface area (Å²) in [6, 6.07) is 0. The number of ether oxygens (including phenoxy) is 7. The maximum atomic E-state index is 12.0. The van der Waals surface area contributed by atoms with Gasteiger partial charge in [-0.2, -0.15) is 0 Å². The second-order valence-electron chi connectivity index (χ2n) is 8.69. The molecule has 1 amide bonds. The standard InChI is InChI=1S/C27H51NO11/c1-3-5-7-24(4-2)27(32)39-23-22-38-21-20-37-19-18-36-17-16-35-15-14-34-13-12-33-11-6-10-28-25(29)8-9-26(30)31/h24H,3-23H2,1-2H3,(H,28,29)(H,30,31). The first-order valence-corrected chi connectivity index (χ1v) is 14.1. The maximum Gasteiger partial charge on any atom is 0.308 e. The Hall–Kier alpha value is -1.83. The lowest BCUT2D eigenvalue weighted by Crippen LogP contribution is -2.25. The summed E-state index contributed by atoms with van der Waals surface area (Å²) in [6.07, 6.45) is 4.29. The van der Waals surface area contributed by atoms with Gasteiger partial charge in [-0.1, -0.05) is 26.7 Å². The van der Waals surface area contributed by atoms with Gasteiger partial charge in [0.2, 0.25) is 5.91 Å². The zero-order valence-corrected chi connectivity index (χ0v) is 24.0. The Labute approximate surface area is 233 Å². The third-order valence-corrected chi connectivity index (χ3v) is 5.42. The summed E-state index contributed by atoms with van der Waals surface area (Å²) in [4.78, 5) is 33.7. The summed E-state index contributed by atoms with van der Waals surface area (Å²) in [5.74, 6) is -1.39. The number of amides is 1. The maximum absolute atomic E-state index is 12.0. The highest BCUT2D eigenvalue weighted by Gasteiger charge is 2.16. The molecule has 0 fully saturated rings. The largest absolute Gasteiger partial charge is 0.481 e. The van der Waals surface area contributed by atoms with Crippen LogP contribution < -0.4 is 5.32 Å². The molecule has 12 heteroatoms. The van der Waals surface area contributed by atoms with Gasteiger partial charge in [-0.3, -0.25) is 14.4 Å². The van der Waals surface area contributed by atoms with Gasteiger partial charge in [0.05, 0.1) is 85.0 Å². The lowest BCUT2D eigenvalue weighted by Gasteiger charge is -2.13. The highest BCUT2D eigenvalue weighted by molar-refractivity contribution is 5.80. The SMILES string of the molecule is CCCCC(CC)C(=O)OCCOCCOCCOCCOCCOCCOCCCNC(=O)CCC(=O)O. The van der Waals surface area contributed by atoms with Gasteiger partial charge in [-0.25, -0.2) is 0 Å². The van der Waals surface area contributed by atoms with E-state index in [1.165, 1.54) is 0 Å². The third kappa shape index (κ3) is 27.5. The average molecular weight is 566 g/mol. The zero-order chi connectivity index (χ0) is 28.8. The molecule has 12 nitrogen and oxygen atoms in total. The van der Waals surface area contributed by atoms with Crippen LogP contribution in [0.2, 0.25) is 0 Å². The molecule has 0 saturated carbocycles. The number of unbranched alkanes of at least 4 members (excludes halogenated alkanes) is 1. The highest BCUT2D eigenvalue weighted by Crippen LogP contribution is 2.14. The van der Waals surface area contributed by atoms with Gasteiger partial charge in [-0.05, 0) is 19.3 Å². The molecule has 0 aromatic carbocycles. The van der Waals surface area contributed by atoms with Crippen LogP contribution in [0.3, 0.4) is 0 Å². The lowest BCUT2D eigenvalue weighted by atomic mass is 10.00. The molecule has 0 bridgehead atoms. The molecule has 0 heterocycles. The molecule has 1 atom stereocenters. The molecule has 0 spiro atoms. The van der Waals surface area contributed by atoms with E-state index >= 15 is 0 Å². The van der Waals surface area contributed by atoms with Crippen molar-refractivity contribution in [1.82, 2.24) is 5.32 Å². The monoisotopic (exact) mass is 565 g/mol. The van der Waals surface area contributed by atoms with E-state index in [0.29, 0.717) is 92.2 Å². The normalized spacial score (nSPS) is 11.8. The summed E-state index contributed by atoms with van der Waals surface area (Å²) in [7, 11) is 0. The summed E-state index contributed by atoms with van der Waals surface area (Å²) in [6.45, 7) is 10.3. The molecular weight excluding hydrogens is 514 g/mol. The van der Waals surface area contributed by atoms with Gasteiger partial charge < -0.3 is 43.6 Å². The highest BCUT2D eigenvalue weighted by atomic mass is 16.6. The molecule has 1 unspecified atom stereocenters. The number of carboxylic acids is 1. The second kappa shape index (κ2) is 29.2. The topological polar surface area (TPSA) is 148 Å². The molecule has 2 N–H and O–H groups in total. The quantitative estimate of drug-likeness (QED) is 0.0975. The van der Waals surface area contributed by atoms with Crippen molar-refractivity contribution in [2.24, 2.45) is 5.92 Å². The van der Waals surface area contributed by atoms with E-state index in [0.717, 1.165) is 25.7 Å². The Morgan fingerprint density at radius 2 is 1.10 bits per heavy atom. The summed E-state index contributed by atoms with van der Waals surface area (Å²) < 4.78 is 37.8. The number of rotatable bonds is 30. The predicted octanol–water partition coefficient (Wildman–Crippen LogP) is 2.22. The van der Waals surface area contributed by atoms with E-state index in [-0.39, 0.29) is 37.2 Å². The van der Waals surface area contributed by atoms with Gasteiger partial charge in [0.25, 0.3) is 0 Å². The van der Waals surface area contributed by atoms with Crippen LogP contribution in [-0.4, -0.2) is 115 Å². The van der Waals surface area contributed by atoms with Crippen LogP contribution >= 0.6 is 0 Å². The van der Waals surface area contributed by atoms with Crippen molar-refractivity contribution in [3.8, 4) is 0 Å². The fourth-order valence-corrected chi connectivity index (χ4v) is 3.17. The molecule has 0 radical (unpaired) electrons. The van der Waals surface area contributed by atoms with Crippen LogP contribution in [0.25, 0.3) is 0 Å². The Morgan fingerprint density at radius 3 is 1.54 bits per heavy atom. The third-order valence-electron chi connectivity index (χ3n) is 5.42. The first-order valence-electron chi connectivity index (χ1n) is 14.1. The van der Waals surface area contributed by atoms with Gasteiger partial charge >= 0.3 is 11.9 Å². The molecular formula is C27H51NO11. The molecule has 0 rings (SSSR count). The predicted molar refractivity (Wildman–Crippen MR) is 144 cm³/mol. The van der Waals surface area contributed by atoms with Crippen LogP contribution in [0.15, 0.2) is 0 Å². The van der Waals surface area contributed by atoms with Gasteiger partial charge in [-0.15, -0.1) is 0 Å². The van der Waals surface area contributed by atoms with Crippen LogP contribution in [0.5, 0.6) is 0 Å². The van der Waals surface area contributed by atoms with Crippen molar-refractivity contribution in [3.63, 3.8) is 0 Å². The Balaban J connectivity index is 3.22. The number of nitrogens with one attached hydrogen (secondary N) is 1. The number of carbonyl (C=O) groups is 3. The first-order chi connectivity index (χ1) is 19.0. The molecule has 0 aromatic heterocycles. The van der Waals surface area contributed by atoms with Crippen molar-refractivity contribution in [1.29, 1.82) is 0 Å². The van der Waals surface area contributed by atoms with Gasteiger partial charge in [0, 0.05) is 19.6 Å². The lowest BCUT2D eigenvalue weighted by molar-refractivity contribution is -0.150. The number of carbonyl (C=O) groups excluding carboxylic acids is 2. The summed E-state index contributed by atoms with van der Waals surface area (Å²) in [5, 5.41) is 11.2. The van der Waals surface area contributed by atoms with Crippen molar-refractivity contribution in [3.05, 3.63) is 0 Å². The zero-order valence-electron chi connectivity index (χ0n) is 24.0. The van der Waals surface area contributed by atoms with Crippen molar-refractivity contribution in [2.45, 2.75) is 58.8 Å². The Kier molecular flexibility index (Phi) is 27.8. The van der Waals surface area contributed by atoms with E-state index in [1.807, 2.05) is 6.92 Å². The van der Waals surface area contributed by atoms with E-state index in [2.05, 4.69) is 12.2 Å². The van der Waals surface area contributed by atoms with E-state index in [1.54, 1.807) is 0 Å². The van der Waals surface area contributed by atoms with Gasteiger partial charge in [0.1, 0.15) is 6.61 Å². The molecule has 230 valence electrons. The van der Waals surface area contributed by atoms with Crippen molar-refractivity contribution >= 4 is 17.8 Å². The number of hydrogen-bond donors (Lipinski definition) is 2. The first kappa shape index (κ1) is 37.2.